The topological polar surface area (TPSA) is 221 Å². The van der Waals surface area contributed by atoms with E-state index in [1.54, 1.807) is 6.92 Å². The van der Waals surface area contributed by atoms with Crippen molar-refractivity contribution < 1.29 is 18.1 Å². The van der Waals surface area contributed by atoms with Crippen LogP contribution in [0.1, 0.15) is 12.5 Å². The van der Waals surface area contributed by atoms with Gasteiger partial charge in [0.2, 0.25) is 23.0 Å². The SMILES string of the molecule is CC(=O)Nc1ccc(S(=O)(=O)/N=C(\N)N/C(N)=N/c2nnc(-c3ccc([N+](=O)[O-])cc3)s2)cc1C.Cl. The van der Waals surface area contributed by atoms with E-state index in [4.69, 9.17) is 11.5 Å². The third-order valence-corrected chi connectivity index (χ3v) is 6.39. The maximum Gasteiger partial charge on any atom is 0.285 e. The van der Waals surface area contributed by atoms with Crippen LogP contribution in [-0.4, -0.2) is 41.4 Å². The Labute approximate surface area is 215 Å². The van der Waals surface area contributed by atoms with Crippen LogP contribution in [0.3, 0.4) is 0 Å². The highest BCUT2D eigenvalue weighted by molar-refractivity contribution is 7.90. The summed E-state index contributed by atoms with van der Waals surface area (Å²) in [6.45, 7) is 2.97. The van der Waals surface area contributed by atoms with Gasteiger partial charge in [-0.3, -0.25) is 20.2 Å². The van der Waals surface area contributed by atoms with Gasteiger partial charge in [-0.25, -0.2) is 0 Å². The van der Waals surface area contributed by atoms with Gasteiger partial charge in [0.15, 0.2) is 0 Å². The van der Waals surface area contributed by atoms with E-state index in [1.807, 2.05) is 0 Å². The smallest absolute Gasteiger partial charge is 0.285 e. The molecule has 0 aliphatic rings. The fraction of sp³-hybridized carbons (Fsp3) is 0.105. The van der Waals surface area contributed by atoms with Crippen LogP contribution in [0.2, 0.25) is 0 Å². The van der Waals surface area contributed by atoms with Crippen molar-refractivity contribution in [2.45, 2.75) is 18.7 Å². The zero-order chi connectivity index (χ0) is 25.8. The average Bonchev–Trinajstić information content (AvgIpc) is 3.22. The normalized spacial score (nSPS) is 11.9. The number of amides is 1. The minimum Gasteiger partial charge on any atom is -0.369 e. The molecular formula is C19H20ClN9O5S2. The quantitative estimate of drug-likeness (QED) is 0.150. The van der Waals surface area contributed by atoms with E-state index in [0.29, 0.717) is 21.8 Å². The van der Waals surface area contributed by atoms with Gasteiger partial charge >= 0.3 is 0 Å². The van der Waals surface area contributed by atoms with Crippen LogP contribution in [0.25, 0.3) is 10.6 Å². The second kappa shape index (κ2) is 11.5. The highest BCUT2D eigenvalue weighted by Crippen LogP contribution is 2.29. The number of nitrogens with one attached hydrogen (secondary N) is 2. The molecule has 36 heavy (non-hydrogen) atoms. The Morgan fingerprint density at radius 1 is 1.11 bits per heavy atom. The molecule has 0 spiro atoms. The number of nitrogens with zero attached hydrogens (tertiary/aromatic N) is 5. The highest BCUT2D eigenvalue weighted by Gasteiger charge is 2.16. The number of aliphatic imine (C=N–C) groups is 1. The number of hydrogen-bond acceptors (Lipinski definition) is 9. The number of anilines is 1. The molecule has 14 nitrogen and oxygen atoms in total. The van der Waals surface area contributed by atoms with Gasteiger partial charge < -0.3 is 16.8 Å². The number of guanidine groups is 2. The van der Waals surface area contributed by atoms with Crippen molar-refractivity contribution >= 4 is 68.1 Å². The van der Waals surface area contributed by atoms with E-state index in [-0.39, 0.29) is 40.0 Å². The molecule has 0 aliphatic heterocycles. The standard InChI is InChI=1S/C19H19N9O5S2.ClH/c1-10-9-14(7-8-15(10)22-11(2)29)35(32,33)27-18(21)23-17(20)24-19-26-25-16(34-19)12-3-5-13(6-4-12)28(30)31;/h3-9H,1-2H3,(H,22,29)(H5,20,21,23,24,26,27);1H. The molecule has 0 aliphatic carbocycles. The molecule has 3 rings (SSSR count). The van der Waals surface area contributed by atoms with E-state index >= 15 is 0 Å². The summed E-state index contributed by atoms with van der Waals surface area (Å²) in [6.07, 6.45) is 0. The monoisotopic (exact) mass is 553 g/mol. The minimum atomic E-state index is -4.18. The zero-order valence-electron chi connectivity index (χ0n) is 18.7. The largest absolute Gasteiger partial charge is 0.369 e. The van der Waals surface area contributed by atoms with Crippen LogP contribution in [-0.2, 0) is 14.8 Å². The van der Waals surface area contributed by atoms with Crippen molar-refractivity contribution in [2.75, 3.05) is 5.32 Å². The van der Waals surface area contributed by atoms with Crippen molar-refractivity contribution in [3.8, 4) is 10.6 Å². The number of sulfonamides is 1. The van der Waals surface area contributed by atoms with Gasteiger partial charge in [-0.2, -0.15) is 13.4 Å². The van der Waals surface area contributed by atoms with Gasteiger partial charge in [0.1, 0.15) is 5.01 Å². The molecule has 17 heteroatoms. The molecule has 1 amide bonds. The molecule has 0 fully saturated rings. The Morgan fingerprint density at radius 2 is 1.78 bits per heavy atom. The first-order valence-corrected chi connectivity index (χ1v) is 11.9. The van der Waals surface area contributed by atoms with Crippen molar-refractivity contribution in [2.24, 2.45) is 20.9 Å². The van der Waals surface area contributed by atoms with Crippen molar-refractivity contribution in [1.82, 2.24) is 15.5 Å². The number of rotatable bonds is 6. The summed E-state index contributed by atoms with van der Waals surface area (Å²) in [5, 5.41) is 24.1. The first-order valence-electron chi connectivity index (χ1n) is 9.63. The van der Waals surface area contributed by atoms with Gasteiger partial charge in [0.25, 0.3) is 15.7 Å². The number of nitro groups is 1. The van der Waals surface area contributed by atoms with Gasteiger partial charge in [-0.05, 0) is 42.8 Å². The Hall–Kier alpha value is -4.15. The van der Waals surface area contributed by atoms with E-state index in [1.165, 1.54) is 49.4 Å². The van der Waals surface area contributed by atoms with Crippen molar-refractivity contribution in [3.05, 3.63) is 58.1 Å². The number of aromatic nitrogens is 2. The molecular weight excluding hydrogens is 534 g/mol. The predicted molar refractivity (Wildman–Crippen MR) is 138 cm³/mol. The number of nitrogens with two attached hydrogens (primary N) is 2. The first kappa shape index (κ1) is 28.1. The lowest BCUT2D eigenvalue weighted by molar-refractivity contribution is -0.384. The van der Waals surface area contributed by atoms with Gasteiger partial charge in [-0.1, -0.05) is 11.3 Å². The number of carbonyl (C=O) groups is 1. The van der Waals surface area contributed by atoms with E-state index in [0.717, 1.165) is 11.3 Å². The Morgan fingerprint density at radius 3 is 2.36 bits per heavy atom. The minimum absolute atomic E-state index is 0. The molecule has 3 aromatic rings. The zero-order valence-corrected chi connectivity index (χ0v) is 21.1. The lowest BCUT2D eigenvalue weighted by Gasteiger charge is -2.08. The Bertz CT molecular complexity index is 1450. The number of nitro benzene ring substituents is 1. The summed E-state index contributed by atoms with van der Waals surface area (Å²) >= 11 is 1.04. The summed E-state index contributed by atoms with van der Waals surface area (Å²) in [5.74, 6) is -1.11. The summed E-state index contributed by atoms with van der Waals surface area (Å²) in [4.78, 5) is 25.3. The number of carbonyl (C=O) groups excluding carboxylic acids is 1. The van der Waals surface area contributed by atoms with Crippen LogP contribution in [0.15, 0.2) is 56.8 Å². The van der Waals surface area contributed by atoms with Crippen LogP contribution in [0.4, 0.5) is 16.5 Å². The molecule has 0 unspecified atom stereocenters. The van der Waals surface area contributed by atoms with Crippen LogP contribution >= 0.6 is 23.7 Å². The summed E-state index contributed by atoms with van der Waals surface area (Å²) in [7, 11) is -4.18. The van der Waals surface area contributed by atoms with E-state index < -0.39 is 20.9 Å². The first-order chi connectivity index (χ1) is 16.4. The average molecular weight is 554 g/mol. The molecule has 2 aromatic carbocycles. The predicted octanol–water partition coefficient (Wildman–Crippen LogP) is 2.04. The number of aryl methyl sites for hydroxylation is 1. The lowest BCUT2D eigenvalue weighted by Crippen LogP contribution is -2.41. The third kappa shape index (κ3) is 7.17. The van der Waals surface area contributed by atoms with E-state index in [9.17, 15) is 23.3 Å². The fourth-order valence-corrected chi connectivity index (χ4v) is 4.41. The van der Waals surface area contributed by atoms with Gasteiger partial charge in [-0.15, -0.1) is 27.0 Å². The van der Waals surface area contributed by atoms with E-state index in [2.05, 4.69) is 30.2 Å². The maximum absolute atomic E-state index is 12.6. The number of hydrogen-bond donors (Lipinski definition) is 4. The lowest BCUT2D eigenvalue weighted by atomic mass is 10.2. The third-order valence-electron chi connectivity index (χ3n) is 4.24. The van der Waals surface area contributed by atoms with Crippen LogP contribution in [0.5, 0.6) is 0 Å². The molecule has 1 aromatic heterocycles. The molecule has 0 atom stereocenters. The number of halogens is 1. The number of benzene rings is 2. The van der Waals surface area contributed by atoms with Crippen molar-refractivity contribution in [1.29, 1.82) is 0 Å². The molecule has 6 N–H and O–H groups in total. The summed E-state index contributed by atoms with van der Waals surface area (Å²) in [5.41, 5.74) is 12.9. The highest BCUT2D eigenvalue weighted by atomic mass is 35.5. The molecule has 1 heterocycles. The molecule has 0 saturated heterocycles. The second-order valence-corrected chi connectivity index (χ2v) is 9.49. The molecule has 0 radical (unpaired) electrons. The summed E-state index contributed by atoms with van der Waals surface area (Å²) < 4.78 is 28.6. The Balaban J connectivity index is 0.00000456. The second-order valence-electron chi connectivity index (χ2n) is 6.93. The van der Waals surface area contributed by atoms with Gasteiger partial charge in [0.05, 0.1) is 9.82 Å². The molecule has 0 saturated carbocycles. The number of non-ortho nitro benzene ring substituents is 1. The molecule has 0 bridgehead atoms. The molecule has 190 valence electrons. The Kier molecular flexibility index (Phi) is 8.99. The fourth-order valence-electron chi connectivity index (χ4n) is 2.70. The van der Waals surface area contributed by atoms with Crippen LogP contribution < -0.4 is 22.1 Å². The van der Waals surface area contributed by atoms with Gasteiger partial charge in [0, 0.05) is 30.3 Å². The van der Waals surface area contributed by atoms with Crippen LogP contribution in [0, 0.1) is 17.0 Å². The maximum atomic E-state index is 12.6. The summed E-state index contributed by atoms with van der Waals surface area (Å²) in [6, 6.07) is 9.78. The van der Waals surface area contributed by atoms with Crippen molar-refractivity contribution in [3.63, 3.8) is 0 Å².